The van der Waals surface area contributed by atoms with Gasteiger partial charge in [-0.25, -0.2) is 8.78 Å². The Bertz CT molecular complexity index is 680. The maximum atomic E-state index is 13.2. The molecular formula is C15H12F2N2O. The van der Waals surface area contributed by atoms with Gasteiger partial charge in [0.25, 0.3) is 5.91 Å². The number of hydrogen-bond acceptors (Lipinski definition) is 2. The number of amides is 1. The van der Waals surface area contributed by atoms with E-state index in [1.165, 1.54) is 4.90 Å². The maximum absolute atomic E-state index is 13.2. The van der Waals surface area contributed by atoms with Crippen molar-refractivity contribution in [1.29, 1.82) is 0 Å². The van der Waals surface area contributed by atoms with Crippen LogP contribution in [0, 0.1) is 11.6 Å². The molecule has 1 heterocycles. The van der Waals surface area contributed by atoms with E-state index in [-0.39, 0.29) is 5.56 Å². The Hall–Kier alpha value is -2.43. The molecule has 0 atom stereocenters. The minimum atomic E-state index is -0.759. The highest BCUT2D eigenvalue weighted by Crippen LogP contribution is 2.31. The number of benzene rings is 2. The molecular weight excluding hydrogens is 262 g/mol. The predicted octanol–water partition coefficient (Wildman–Crippen LogP) is 2.75. The SMILES string of the molecule is Nc1ccc2c(c1)CCN2C(=O)c1cc(F)cc(F)c1. The van der Waals surface area contributed by atoms with Crippen molar-refractivity contribution in [2.75, 3.05) is 17.2 Å². The van der Waals surface area contributed by atoms with E-state index in [1.54, 1.807) is 12.1 Å². The summed E-state index contributed by atoms with van der Waals surface area (Å²) in [6.45, 7) is 0.482. The highest BCUT2D eigenvalue weighted by atomic mass is 19.1. The fraction of sp³-hybridized carbons (Fsp3) is 0.133. The number of carbonyl (C=O) groups is 1. The van der Waals surface area contributed by atoms with Crippen molar-refractivity contribution in [1.82, 2.24) is 0 Å². The van der Waals surface area contributed by atoms with Crippen LogP contribution in [0.5, 0.6) is 0 Å². The number of anilines is 2. The summed E-state index contributed by atoms with van der Waals surface area (Å²) in [4.78, 5) is 13.9. The molecule has 102 valence electrons. The summed E-state index contributed by atoms with van der Waals surface area (Å²) in [5.41, 5.74) is 8.05. The van der Waals surface area contributed by atoms with E-state index >= 15 is 0 Å². The van der Waals surface area contributed by atoms with Crippen LogP contribution in [0.25, 0.3) is 0 Å². The third-order valence-corrected chi connectivity index (χ3v) is 3.35. The topological polar surface area (TPSA) is 46.3 Å². The van der Waals surface area contributed by atoms with Crippen LogP contribution in [0.4, 0.5) is 20.2 Å². The first kappa shape index (κ1) is 12.6. The second-order valence-electron chi connectivity index (χ2n) is 4.75. The van der Waals surface area contributed by atoms with Crippen molar-refractivity contribution in [3.05, 3.63) is 59.2 Å². The number of carbonyl (C=O) groups excluding carboxylic acids is 1. The highest BCUT2D eigenvalue weighted by molar-refractivity contribution is 6.07. The molecule has 0 aliphatic carbocycles. The normalized spacial score (nSPS) is 13.4. The Morgan fingerprint density at radius 2 is 1.80 bits per heavy atom. The molecule has 0 saturated carbocycles. The summed E-state index contributed by atoms with van der Waals surface area (Å²) in [5, 5.41) is 0. The van der Waals surface area contributed by atoms with Crippen molar-refractivity contribution < 1.29 is 13.6 Å². The number of halogens is 2. The first-order valence-electron chi connectivity index (χ1n) is 6.21. The van der Waals surface area contributed by atoms with Gasteiger partial charge in [-0.15, -0.1) is 0 Å². The first-order chi connectivity index (χ1) is 9.54. The van der Waals surface area contributed by atoms with Crippen LogP contribution in [0.1, 0.15) is 15.9 Å². The third kappa shape index (κ3) is 2.11. The van der Waals surface area contributed by atoms with E-state index in [9.17, 15) is 13.6 Å². The van der Waals surface area contributed by atoms with Crippen molar-refractivity contribution in [2.45, 2.75) is 6.42 Å². The van der Waals surface area contributed by atoms with Crippen LogP contribution >= 0.6 is 0 Å². The van der Waals surface area contributed by atoms with Crippen LogP contribution in [0.15, 0.2) is 36.4 Å². The van der Waals surface area contributed by atoms with Gasteiger partial charge in [-0.1, -0.05) is 0 Å². The minimum Gasteiger partial charge on any atom is -0.399 e. The van der Waals surface area contributed by atoms with Gasteiger partial charge in [0.2, 0.25) is 0 Å². The summed E-state index contributed by atoms with van der Waals surface area (Å²) < 4.78 is 26.4. The molecule has 1 amide bonds. The Morgan fingerprint density at radius 3 is 2.50 bits per heavy atom. The standard InChI is InChI=1S/C15H12F2N2O/c16-11-5-10(6-12(17)8-11)15(20)19-4-3-9-7-13(18)1-2-14(9)19/h1-2,5-8H,3-4,18H2. The van der Waals surface area contributed by atoms with E-state index in [1.807, 2.05) is 6.07 Å². The summed E-state index contributed by atoms with van der Waals surface area (Å²) in [6, 6.07) is 8.10. The van der Waals surface area contributed by atoms with Gasteiger partial charge in [0.15, 0.2) is 0 Å². The molecule has 0 fully saturated rings. The predicted molar refractivity (Wildman–Crippen MR) is 72.6 cm³/mol. The number of hydrogen-bond donors (Lipinski definition) is 1. The Balaban J connectivity index is 1.97. The van der Waals surface area contributed by atoms with Gasteiger partial charge in [0, 0.05) is 29.5 Å². The van der Waals surface area contributed by atoms with Crippen LogP contribution in [-0.2, 0) is 6.42 Å². The summed E-state index contributed by atoms with van der Waals surface area (Å²) in [5.74, 6) is -1.93. The molecule has 3 nitrogen and oxygen atoms in total. The lowest BCUT2D eigenvalue weighted by atomic mass is 10.1. The Kier molecular flexibility index (Phi) is 2.89. The van der Waals surface area contributed by atoms with Gasteiger partial charge in [-0.3, -0.25) is 4.79 Å². The molecule has 5 heteroatoms. The van der Waals surface area contributed by atoms with E-state index in [2.05, 4.69) is 0 Å². The molecule has 0 radical (unpaired) electrons. The fourth-order valence-corrected chi connectivity index (χ4v) is 2.47. The van der Waals surface area contributed by atoms with Crippen LogP contribution in [-0.4, -0.2) is 12.5 Å². The van der Waals surface area contributed by atoms with Gasteiger partial charge in [-0.05, 0) is 42.3 Å². The molecule has 0 bridgehead atoms. The molecule has 1 aliphatic rings. The molecule has 20 heavy (non-hydrogen) atoms. The fourth-order valence-electron chi connectivity index (χ4n) is 2.47. The zero-order valence-electron chi connectivity index (χ0n) is 10.6. The lowest BCUT2D eigenvalue weighted by Gasteiger charge is -2.17. The Labute approximate surface area is 114 Å². The van der Waals surface area contributed by atoms with Gasteiger partial charge < -0.3 is 10.6 Å². The zero-order chi connectivity index (χ0) is 14.3. The average Bonchev–Trinajstić information content (AvgIpc) is 2.79. The molecule has 0 saturated heterocycles. The van der Waals surface area contributed by atoms with Crippen LogP contribution in [0.3, 0.4) is 0 Å². The molecule has 2 aromatic carbocycles. The first-order valence-corrected chi connectivity index (χ1v) is 6.21. The van der Waals surface area contributed by atoms with E-state index in [0.29, 0.717) is 18.7 Å². The summed E-state index contributed by atoms with van der Waals surface area (Å²) >= 11 is 0. The third-order valence-electron chi connectivity index (χ3n) is 3.35. The number of nitrogen functional groups attached to an aromatic ring is 1. The molecule has 0 unspecified atom stereocenters. The van der Waals surface area contributed by atoms with E-state index < -0.39 is 17.5 Å². The largest absolute Gasteiger partial charge is 0.399 e. The molecule has 3 rings (SSSR count). The second-order valence-corrected chi connectivity index (χ2v) is 4.75. The smallest absolute Gasteiger partial charge is 0.258 e. The number of fused-ring (bicyclic) bond motifs is 1. The summed E-state index contributed by atoms with van der Waals surface area (Å²) in [7, 11) is 0. The molecule has 2 aromatic rings. The lowest BCUT2D eigenvalue weighted by Crippen LogP contribution is -2.29. The van der Waals surface area contributed by atoms with Crippen molar-refractivity contribution in [2.24, 2.45) is 0 Å². The molecule has 1 aliphatic heterocycles. The molecule has 2 N–H and O–H groups in total. The van der Waals surface area contributed by atoms with Gasteiger partial charge in [0.05, 0.1) is 0 Å². The zero-order valence-corrected chi connectivity index (χ0v) is 10.6. The van der Waals surface area contributed by atoms with E-state index in [0.717, 1.165) is 29.4 Å². The molecule has 0 spiro atoms. The number of nitrogens with two attached hydrogens (primary N) is 1. The van der Waals surface area contributed by atoms with Gasteiger partial charge >= 0.3 is 0 Å². The number of rotatable bonds is 1. The Morgan fingerprint density at radius 1 is 1.10 bits per heavy atom. The second kappa shape index (κ2) is 4.59. The van der Waals surface area contributed by atoms with Crippen molar-refractivity contribution in [3.8, 4) is 0 Å². The quantitative estimate of drug-likeness (QED) is 0.813. The van der Waals surface area contributed by atoms with Gasteiger partial charge in [0.1, 0.15) is 11.6 Å². The number of nitrogens with zero attached hydrogens (tertiary/aromatic N) is 1. The summed E-state index contributed by atoms with van der Waals surface area (Å²) in [6.07, 6.45) is 0.684. The lowest BCUT2D eigenvalue weighted by molar-refractivity contribution is 0.0988. The van der Waals surface area contributed by atoms with Crippen molar-refractivity contribution in [3.63, 3.8) is 0 Å². The van der Waals surface area contributed by atoms with E-state index in [4.69, 9.17) is 5.73 Å². The minimum absolute atomic E-state index is 0.00664. The van der Waals surface area contributed by atoms with Crippen LogP contribution in [0.2, 0.25) is 0 Å². The average molecular weight is 274 g/mol. The van der Waals surface area contributed by atoms with Crippen LogP contribution < -0.4 is 10.6 Å². The molecule has 0 aromatic heterocycles. The monoisotopic (exact) mass is 274 g/mol. The van der Waals surface area contributed by atoms with Crippen molar-refractivity contribution >= 4 is 17.3 Å². The maximum Gasteiger partial charge on any atom is 0.258 e. The highest BCUT2D eigenvalue weighted by Gasteiger charge is 2.26. The van der Waals surface area contributed by atoms with Gasteiger partial charge in [-0.2, -0.15) is 0 Å².